The number of ether oxygens (including phenoxy) is 2. The Labute approximate surface area is 100 Å². The Bertz CT molecular complexity index is 416. The van der Waals surface area contributed by atoms with Crippen molar-refractivity contribution in [3.63, 3.8) is 0 Å². The predicted molar refractivity (Wildman–Crippen MR) is 59.2 cm³/mol. The Morgan fingerprint density at radius 2 is 2.25 bits per heavy atom. The van der Waals surface area contributed by atoms with Gasteiger partial charge in [-0.25, -0.2) is 4.79 Å². The van der Waals surface area contributed by atoms with Crippen LogP contribution in [0.1, 0.15) is 10.4 Å². The van der Waals surface area contributed by atoms with Crippen LogP contribution in [0.3, 0.4) is 0 Å². The van der Waals surface area contributed by atoms with Gasteiger partial charge in [-0.3, -0.25) is 4.79 Å². The molecule has 0 saturated carbocycles. The molecule has 1 aromatic rings. The molecule has 0 amide bonds. The second-order valence-corrected chi connectivity index (χ2v) is 3.74. The highest BCUT2D eigenvalue weighted by atomic mass is 79.9. The number of hydrogen-bond donors (Lipinski definition) is 1. The standard InChI is InChI=1S/C10H9BrO5/c1-15-8-3-7(11)2-6(4-12)10(8)16-5-9(13)14/h2-4H,5H2,1H3,(H,13,14). The lowest BCUT2D eigenvalue weighted by Crippen LogP contribution is -2.11. The first-order valence-electron chi connectivity index (χ1n) is 4.25. The molecule has 0 aliphatic carbocycles. The van der Waals surface area contributed by atoms with Crippen molar-refractivity contribution in [3.8, 4) is 11.5 Å². The van der Waals surface area contributed by atoms with E-state index in [2.05, 4.69) is 15.9 Å². The van der Waals surface area contributed by atoms with Crippen LogP contribution in [-0.2, 0) is 4.79 Å². The second-order valence-electron chi connectivity index (χ2n) is 2.83. The van der Waals surface area contributed by atoms with E-state index in [1.54, 1.807) is 6.07 Å². The van der Waals surface area contributed by atoms with Crippen molar-refractivity contribution in [2.24, 2.45) is 0 Å². The fraction of sp³-hybridized carbons (Fsp3) is 0.200. The van der Waals surface area contributed by atoms with Gasteiger partial charge < -0.3 is 14.6 Å². The third-order valence-electron chi connectivity index (χ3n) is 1.74. The minimum absolute atomic E-state index is 0.128. The minimum Gasteiger partial charge on any atom is -0.493 e. The topological polar surface area (TPSA) is 72.8 Å². The van der Waals surface area contributed by atoms with E-state index in [0.717, 1.165) is 0 Å². The van der Waals surface area contributed by atoms with Crippen LogP contribution in [0, 0.1) is 0 Å². The third kappa shape index (κ3) is 2.96. The quantitative estimate of drug-likeness (QED) is 0.836. The molecule has 86 valence electrons. The molecule has 0 unspecified atom stereocenters. The van der Waals surface area contributed by atoms with Gasteiger partial charge in [0, 0.05) is 4.47 Å². The van der Waals surface area contributed by atoms with Crippen LogP contribution in [-0.4, -0.2) is 31.1 Å². The van der Waals surface area contributed by atoms with Gasteiger partial charge in [-0.15, -0.1) is 0 Å². The first-order valence-corrected chi connectivity index (χ1v) is 5.05. The van der Waals surface area contributed by atoms with E-state index in [-0.39, 0.29) is 11.3 Å². The van der Waals surface area contributed by atoms with Crippen molar-refractivity contribution in [1.82, 2.24) is 0 Å². The maximum atomic E-state index is 10.8. The van der Waals surface area contributed by atoms with E-state index in [1.165, 1.54) is 13.2 Å². The summed E-state index contributed by atoms with van der Waals surface area (Å²) in [5, 5.41) is 8.49. The van der Waals surface area contributed by atoms with E-state index < -0.39 is 12.6 Å². The molecule has 0 aliphatic rings. The van der Waals surface area contributed by atoms with E-state index in [1.807, 2.05) is 0 Å². The summed E-state index contributed by atoms with van der Waals surface area (Å²) >= 11 is 3.20. The van der Waals surface area contributed by atoms with Gasteiger partial charge in [-0.2, -0.15) is 0 Å². The van der Waals surface area contributed by atoms with E-state index in [9.17, 15) is 9.59 Å². The van der Waals surface area contributed by atoms with Gasteiger partial charge in [-0.1, -0.05) is 15.9 Å². The smallest absolute Gasteiger partial charge is 0.341 e. The number of methoxy groups -OCH3 is 1. The van der Waals surface area contributed by atoms with Crippen molar-refractivity contribution in [3.05, 3.63) is 22.2 Å². The van der Waals surface area contributed by atoms with Gasteiger partial charge >= 0.3 is 5.97 Å². The normalized spacial score (nSPS) is 9.62. The zero-order chi connectivity index (χ0) is 12.1. The molecule has 0 atom stereocenters. The number of hydrogen-bond acceptors (Lipinski definition) is 4. The number of aldehydes is 1. The SMILES string of the molecule is COc1cc(Br)cc(C=O)c1OCC(=O)O. The minimum atomic E-state index is -1.12. The zero-order valence-corrected chi connectivity index (χ0v) is 9.98. The van der Waals surface area contributed by atoms with Crippen LogP contribution < -0.4 is 9.47 Å². The maximum absolute atomic E-state index is 10.8. The average Bonchev–Trinajstić information content (AvgIpc) is 2.25. The van der Waals surface area contributed by atoms with Crippen molar-refractivity contribution >= 4 is 28.2 Å². The summed E-state index contributed by atoms with van der Waals surface area (Å²) in [6.07, 6.45) is 0.574. The molecular weight excluding hydrogens is 280 g/mol. The van der Waals surface area contributed by atoms with Crippen LogP contribution in [0.5, 0.6) is 11.5 Å². The summed E-state index contributed by atoms with van der Waals surface area (Å²) < 4.78 is 10.6. The molecule has 1 aromatic carbocycles. The number of halogens is 1. The molecule has 0 radical (unpaired) electrons. The van der Waals surface area contributed by atoms with Crippen molar-refractivity contribution in [2.75, 3.05) is 13.7 Å². The number of carboxylic acid groups (broad SMARTS) is 1. The number of carbonyl (C=O) groups is 2. The van der Waals surface area contributed by atoms with Crippen molar-refractivity contribution in [2.45, 2.75) is 0 Å². The number of carbonyl (C=O) groups excluding carboxylic acids is 1. The van der Waals surface area contributed by atoms with Gasteiger partial charge in [0.25, 0.3) is 0 Å². The highest BCUT2D eigenvalue weighted by Crippen LogP contribution is 2.33. The highest BCUT2D eigenvalue weighted by molar-refractivity contribution is 9.10. The van der Waals surface area contributed by atoms with Crippen LogP contribution in [0.15, 0.2) is 16.6 Å². The van der Waals surface area contributed by atoms with E-state index in [0.29, 0.717) is 16.5 Å². The number of rotatable bonds is 5. The van der Waals surface area contributed by atoms with Gasteiger partial charge in [0.2, 0.25) is 0 Å². The van der Waals surface area contributed by atoms with Crippen LogP contribution in [0.25, 0.3) is 0 Å². The third-order valence-corrected chi connectivity index (χ3v) is 2.19. The molecule has 5 nitrogen and oxygen atoms in total. The maximum Gasteiger partial charge on any atom is 0.341 e. The second kappa shape index (κ2) is 5.50. The number of carboxylic acids is 1. The molecule has 0 spiro atoms. The Morgan fingerprint density at radius 3 is 2.75 bits per heavy atom. The first kappa shape index (κ1) is 12.5. The summed E-state index contributed by atoms with van der Waals surface area (Å²) in [5.41, 5.74) is 0.229. The molecule has 0 saturated heterocycles. The molecule has 16 heavy (non-hydrogen) atoms. The Morgan fingerprint density at radius 1 is 1.56 bits per heavy atom. The molecular formula is C10H9BrO5. The molecule has 0 bridgehead atoms. The molecule has 0 heterocycles. The van der Waals surface area contributed by atoms with Crippen molar-refractivity contribution < 1.29 is 24.2 Å². The summed E-state index contributed by atoms with van der Waals surface area (Å²) in [7, 11) is 1.41. The fourth-order valence-corrected chi connectivity index (χ4v) is 1.57. The lowest BCUT2D eigenvalue weighted by atomic mass is 10.2. The first-order chi connectivity index (χ1) is 7.58. The monoisotopic (exact) mass is 288 g/mol. The van der Waals surface area contributed by atoms with Crippen LogP contribution in [0.2, 0.25) is 0 Å². The lowest BCUT2D eigenvalue weighted by molar-refractivity contribution is -0.139. The van der Waals surface area contributed by atoms with Gasteiger partial charge in [-0.05, 0) is 12.1 Å². The average molecular weight is 289 g/mol. The van der Waals surface area contributed by atoms with Crippen LogP contribution in [0.4, 0.5) is 0 Å². The molecule has 1 rings (SSSR count). The largest absolute Gasteiger partial charge is 0.493 e. The Hall–Kier alpha value is -1.56. The summed E-state index contributed by atoms with van der Waals surface area (Å²) in [4.78, 5) is 21.2. The van der Waals surface area contributed by atoms with E-state index >= 15 is 0 Å². The Kier molecular flexibility index (Phi) is 4.30. The highest BCUT2D eigenvalue weighted by Gasteiger charge is 2.13. The van der Waals surface area contributed by atoms with Crippen molar-refractivity contribution in [1.29, 1.82) is 0 Å². The fourth-order valence-electron chi connectivity index (χ4n) is 1.12. The zero-order valence-electron chi connectivity index (χ0n) is 8.40. The predicted octanol–water partition coefficient (Wildman–Crippen LogP) is 1.73. The number of benzene rings is 1. The molecule has 1 N–H and O–H groups in total. The van der Waals surface area contributed by atoms with Crippen LogP contribution >= 0.6 is 15.9 Å². The molecule has 0 aromatic heterocycles. The Balaban J connectivity index is 3.11. The molecule has 0 aliphatic heterocycles. The van der Waals surface area contributed by atoms with Gasteiger partial charge in [0.05, 0.1) is 12.7 Å². The van der Waals surface area contributed by atoms with Gasteiger partial charge in [0.1, 0.15) is 0 Å². The summed E-state index contributed by atoms with van der Waals surface area (Å²) in [6, 6.07) is 3.11. The summed E-state index contributed by atoms with van der Waals surface area (Å²) in [6.45, 7) is -0.529. The number of aliphatic carboxylic acids is 1. The van der Waals surface area contributed by atoms with Gasteiger partial charge in [0.15, 0.2) is 24.4 Å². The summed E-state index contributed by atoms with van der Waals surface area (Å²) in [5.74, 6) is -0.692. The lowest BCUT2D eigenvalue weighted by Gasteiger charge is -2.11. The molecule has 0 fully saturated rings. The van der Waals surface area contributed by atoms with E-state index in [4.69, 9.17) is 14.6 Å². The molecule has 6 heteroatoms.